The molecule has 1 saturated heterocycles. The number of aliphatic imine (C=N–C) groups is 1. The van der Waals surface area contributed by atoms with Crippen LogP contribution in [-0.2, 0) is 36.9 Å². The predicted octanol–water partition coefficient (Wildman–Crippen LogP) is 5.31. The van der Waals surface area contributed by atoms with Crippen molar-refractivity contribution in [3.05, 3.63) is 135 Å². The Balaban J connectivity index is 0.704. The number of carbonyl (C=O) groups excluding carboxylic acids is 5. The molecule has 16 nitrogen and oxygen atoms in total. The van der Waals surface area contributed by atoms with Crippen LogP contribution in [0.1, 0.15) is 62.2 Å². The Hall–Kier alpha value is -6.99. The van der Waals surface area contributed by atoms with Crippen LogP contribution in [0.25, 0.3) is 11.3 Å². The molecular weight excluding hydrogens is 876 g/mol. The Bertz CT molecular complexity index is 2700. The van der Waals surface area contributed by atoms with E-state index in [0.717, 1.165) is 0 Å². The van der Waals surface area contributed by atoms with E-state index in [9.17, 15) is 32.8 Å². The molecule has 1 atom stereocenters. The molecule has 1 aromatic heterocycles. The molecule has 1 unspecified atom stereocenters. The molecule has 340 valence electrons. The van der Waals surface area contributed by atoms with Gasteiger partial charge in [-0.3, -0.25) is 34.3 Å². The average molecular weight is 920 g/mol. The van der Waals surface area contributed by atoms with Gasteiger partial charge in [0.05, 0.1) is 49.9 Å². The molecule has 5 aromatic rings. The molecule has 1 fully saturated rings. The van der Waals surface area contributed by atoms with Crippen LogP contribution >= 0.6 is 11.6 Å². The maximum Gasteiger partial charge on any atom is 0.255 e. The highest BCUT2D eigenvalue weighted by atomic mass is 35.5. The number of aromatic nitrogens is 2. The van der Waals surface area contributed by atoms with E-state index in [0.29, 0.717) is 88.4 Å². The second kappa shape index (κ2) is 20.9. The van der Waals surface area contributed by atoms with Crippen molar-refractivity contribution in [2.75, 3.05) is 56.7 Å². The number of imide groups is 1. The third-order valence-electron chi connectivity index (χ3n) is 11.1. The van der Waals surface area contributed by atoms with Gasteiger partial charge in [-0.2, -0.15) is 0 Å². The second-order valence-electron chi connectivity index (χ2n) is 15.5. The van der Waals surface area contributed by atoms with Crippen LogP contribution in [0.3, 0.4) is 0 Å². The number of benzene rings is 4. The third-order valence-corrected chi connectivity index (χ3v) is 11.3. The van der Waals surface area contributed by atoms with Crippen LogP contribution in [0.5, 0.6) is 0 Å². The number of fused-ring (bicyclic) bond motifs is 4. The van der Waals surface area contributed by atoms with E-state index in [4.69, 9.17) is 26.1 Å². The van der Waals surface area contributed by atoms with E-state index in [-0.39, 0.29) is 86.4 Å². The Labute approximate surface area is 382 Å². The molecular formula is C47H44ClF2N9O7. The van der Waals surface area contributed by atoms with Crippen LogP contribution in [0.2, 0.25) is 5.02 Å². The van der Waals surface area contributed by atoms with E-state index in [1.165, 1.54) is 23.1 Å². The lowest BCUT2D eigenvalue weighted by Crippen LogP contribution is -2.52. The van der Waals surface area contributed by atoms with Crippen LogP contribution in [0.15, 0.2) is 90.1 Å². The van der Waals surface area contributed by atoms with Crippen molar-refractivity contribution >= 4 is 64.2 Å². The fraction of sp³-hybridized carbons (Fsp3) is 0.277. The molecule has 0 radical (unpaired) electrons. The lowest BCUT2D eigenvalue weighted by atomic mass is 9.95. The smallest absolute Gasteiger partial charge is 0.255 e. The zero-order valence-corrected chi connectivity index (χ0v) is 36.2. The average Bonchev–Trinajstić information content (AvgIpc) is 3.55. The number of amides is 5. The molecule has 4 aromatic carbocycles. The molecule has 5 amide bonds. The highest BCUT2D eigenvalue weighted by Crippen LogP contribution is 2.35. The first-order valence-corrected chi connectivity index (χ1v) is 21.6. The Morgan fingerprint density at radius 3 is 2.39 bits per heavy atom. The van der Waals surface area contributed by atoms with Gasteiger partial charge >= 0.3 is 0 Å². The number of carbonyl (C=O) groups is 5. The molecule has 66 heavy (non-hydrogen) atoms. The Morgan fingerprint density at radius 1 is 0.864 bits per heavy atom. The standard InChI is InChI=1S/C47H44ClF2N9O7/c48-29-9-12-31-33(23-29)43(41-35(49)4-2-5-36(41)50)53-24-28-25-54-47(58-42(28)31)55-30-10-7-27(8-11-30)44(62)52-18-20-66-22-21-65-19-17-51-16-15-40(61)56-37-6-1-3-32-34(37)26-59(46(32)64)38-13-14-39(60)57-45(38)63/h1-12,23,25,38,51H,13-22,24,26H2,(H,52,62)(H,56,61)(H,54,55,58)(H,57,60,63). The second-order valence-corrected chi connectivity index (χ2v) is 15.9. The van der Waals surface area contributed by atoms with Gasteiger partial charge in [0.15, 0.2) is 0 Å². The summed E-state index contributed by atoms with van der Waals surface area (Å²) >= 11 is 6.34. The summed E-state index contributed by atoms with van der Waals surface area (Å²) in [5, 5.41) is 14.7. The number of piperidine rings is 1. The molecule has 0 spiro atoms. The molecule has 0 saturated carbocycles. The van der Waals surface area contributed by atoms with Crippen molar-refractivity contribution in [3.63, 3.8) is 0 Å². The van der Waals surface area contributed by atoms with E-state index in [2.05, 4.69) is 36.6 Å². The van der Waals surface area contributed by atoms with Gasteiger partial charge in [-0.15, -0.1) is 0 Å². The van der Waals surface area contributed by atoms with Crippen molar-refractivity contribution in [3.8, 4) is 11.3 Å². The van der Waals surface area contributed by atoms with E-state index < -0.39 is 23.6 Å². The van der Waals surface area contributed by atoms with Gasteiger partial charge in [-0.25, -0.2) is 18.7 Å². The SMILES string of the molecule is O=C1CCC(N2Cc3c(NC(=O)CCNCCOCCOCCNC(=O)c4ccc(Nc5ncc6c(n5)-c5ccc(Cl)cc5C(c5c(F)cccc5F)=NC6)cc4)cccc3C2=O)C(=O)N1. The summed E-state index contributed by atoms with van der Waals surface area (Å²) in [5.41, 5.74) is 4.73. The monoisotopic (exact) mass is 919 g/mol. The fourth-order valence-electron chi connectivity index (χ4n) is 7.80. The predicted molar refractivity (Wildman–Crippen MR) is 240 cm³/mol. The molecule has 4 heterocycles. The highest BCUT2D eigenvalue weighted by molar-refractivity contribution is 6.31. The van der Waals surface area contributed by atoms with Gasteiger partial charge in [0.2, 0.25) is 23.7 Å². The summed E-state index contributed by atoms with van der Waals surface area (Å²) in [6, 6.07) is 19.8. The van der Waals surface area contributed by atoms with Crippen LogP contribution in [0.4, 0.5) is 26.1 Å². The van der Waals surface area contributed by atoms with Gasteiger partial charge in [0.1, 0.15) is 17.7 Å². The number of hydrogen-bond donors (Lipinski definition) is 5. The minimum Gasteiger partial charge on any atom is -0.378 e. The van der Waals surface area contributed by atoms with Gasteiger partial charge in [0.25, 0.3) is 11.8 Å². The first kappa shape index (κ1) is 45.6. The van der Waals surface area contributed by atoms with E-state index in [1.807, 2.05) is 0 Å². The quantitative estimate of drug-likeness (QED) is 0.0563. The number of nitrogens with one attached hydrogen (secondary N) is 5. The Kier molecular flexibility index (Phi) is 14.4. The lowest BCUT2D eigenvalue weighted by molar-refractivity contribution is -0.137. The normalized spacial score (nSPS) is 15.3. The summed E-state index contributed by atoms with van der Waals surface area (Å²) < 4.78 is 41.0. The van der Waals surface area contributed by atoms with Gasteiger partial charge in [-0.05, 0) is 67.1 Å². The summed E-state index contributed by atoms with van der Waals surface area (Å²) in [7, 11) is 0. The number of anilines is 3. The topological polar surface area (TPSA) is 205 Å². The van der Waals surface area contributed by atoms with Crippen molar-refractivity contribution in [2.45, 2.75) is 38.4 Å². The highest BCUT2D eigenvalue weighted by Gasteiger charge is 2.40. The van der Waals surface area contributed by atoms with Crippen molar-refractivity contribution in [2.24, 2.45) is 4.99 Å². The maximum absolute atomic E-state index is 14.9. The summed E-state index contributed by atoms with van der Waals surface area (Å²) in [5.74, 6) is -2.89. The number of rotatable bonds is 18. The van der Waals surface area contributed by atoms with Crippen molar-refractivity contribution in [1.29, 1.82) is 0 Å². The van der Waals surface area contributed by atoms with Gasteiger partial charge < -0.3 is 35.6 Å². The summed E-state index contributed by atoms with van der Waals surface area (Å²) in [4.78, 5) is 77.7. The third kappa shape index (κ3) is 10.6. The molecule has 3 aliphatic heterocycles. The molecule has 0 bridgehead atoms. The summed E-state index contributed by atoms with van der Waals surface area (Å²) in [6.07, 6.45) is 2.21. The largest absolute Gasteiger partial charge is 0.378 e. The number of nitrogens with zero attached hydrogens (tertiary/aromatic N) is 4. The number of halogens is 3. The summed E-state index contributed by atoms with van der Waals surface area (Å²) in [6.45, 7) is 2.79. The van der Waals surface area contributed by atoms with Crippen molar-refractivity contribution < 1.29 is 42.2 Å². The van der Waals surface area contributed by atoms with E-state index >= 15 is 0 Å². The lowest BCUT2D eigenvalue weighted by Gasteiger charge is -2.29. The number of hydrogen-bond acceptors (Lipinski definition) is 12. The maximum atomic E-state index is 14.9. The molecule has 8 rings (SSSR count). The minimum atomic E-state index is -0.743. The first-order valence-electron chi connectivity index (χ1n) is 21.3. The van der Waals surface area contributed by atoms with Gasteiger partial charge in [-0.1, -0.05) is 29.8 Å². The van der Waals surface area contributed by atoms with Gasteiger partial charge in [0, 0.05) is 95.0 Å². The van der Waals surface area contributed by atoms with Crippen LogP contribution < -0.4 is 26.6 Å². The van der Waals surface area contributed by atoms with Crippen LogP contribution in [0, 0.1) is 11.6 Å². The molecule has 5 N–H and O–H groups in total. The Morgan fingerprint density at radius 2 is 1.62 bits per heavy atom. The van der Waals surface area contributed by atoms with Crippen LogP contribution in [-0.4, -0.2) is 102 Å². The molecule has 19 heteroatoms. The molecule has 3 aliphatic rings. The van der Waals surface area contributed by atoms with Crippen molar-refractivity contribution in [1.82, 2.24) is 30.8 Å². The molecule has 0 aliphatic carbocycles. The first-order chi connectivity index (χ1) is 32.0. The fourth-order valence-corrected chi connectivity index (χ4v) is 7.98. The van der Waals surface area contributed by atoms with E-state index in [1.54, 1.807) is 66.9 Å². The zero-order chi connectivity index (χ0) is 46.2. The minimum absolute atomic E-state index is 0.0850. The number of ether oxygens (including phenoxy) is 2. The zero-order valence-electron chi connectivity index (χ0n) is 35.4.